The zero-order valence-electron chi connectivity index (χ0n) is 11.4. The third-order valence-electron chi connectivity index (χ3n) is 3.08. The number of benzene rings is 3. The summed E-state index contributed by atoms with van der Waals surface area (Å²) in [7, 11) is 0. The molecular formula is C20H14Pd. The molecule has 104 valence electrons. The van der Waals surface area contributed by atoms with Crippen molar-refractivity contribution >= 4 is 5.57 Å². The Kier molecular flexibility index (Phi) is 5.70. The van der Waals surface area contributed by atoms with Crippen LogP contribution in [0.5, 0.6) is 0 Å². The van der Waals surface area contributed by atoms with E-state index in [4.69, 9.17) is 0 Å². The van der Waals surface area contributed by atoms with E-state index in [9.17, 15) is 0 Å². The first kappa shape index (κ1) is 15.5. The van der Waals surface area contributed by atoms with Crippen LogP contribution >= 0.6 is 0 Å². The van der Waals surface area contributed by atoms with E-state index in [0.29, 0.717) is 0 Å². The molecule has 0 spiro atoms. The van der Waals surface area contributed by atoms with Gasteiger partial charge in [-0.1, -0.05) is 48.5 Å². The molecule has 0 aliphatic rings. The predicted molar refractivity (Wildman–Crippen MR) is 83.0 cm³/mol. The Balaban J connectivity index is 0.00000161. The molecule has 0 saturated heterocycles. The van der Waals surface area contributed by atoms with Crippen LogP contribution in [0.2, 0.25) is 0 Å². The number of rotatable bonds is 3. The van der Waals surface area contributed by atoms with Crippen LogP contribution in [-0.2, 0) is 20.4 Å². The molecule has 0 aliphatic carbocycles. The van der Waals surface area contributed by atoms with Gasteiger partial charge in [0.05, 0.1) is 0 Å². The van der Waals surface area contributed by atoms with Gasteiger partial charge in [0.15, 0.2) is 0 Å². The molecule has 1 heteroatoms. The summed E-state index contributed by atoms with van der Waals surface area (Å²) in [6, 6.07) is 31.8. The van der Waals surface area contributed by atoms with Gasteiger partial charge in [0.2, 0.25) is 0 Å². The molecular weight excluding hydrogens is 347 g/mol. The van der Waals surface area contributed by atoms with Gasteiger partial charge in [-0.15, -0.1) is 29.3 Å². The van der Waals surface area contributed by atoms with Gasteiger partial charge in [0, 0.05) is 0 Å². The fourth-order valence-corrected chi connectivity index (χ4v) is 2.11. The Hall–Kier alpha value is -1.94. The maximum Gasteiger partial charge on any atom is 2.00 e. The Morgan fingerprint density at radius 3 is 1.95 bits per heavy atom. The van der Waals surface area contributed by atoms with Crippen molar-refractivity contribution in [2.45, 2.75) is 0 Å². The van der Waals surface area contributed by atoms with Crippen molar-refractivity contribution in [2.75, 3.05) is 0 Å². The van der Waals surface area contributed by atoms with Crippen LogP contribution in [0.25, 0.3) is 5.57 Å². The predicted octanol–water partition coefficient (Wildman–Crippen LogP) is 4.77. The number of hydrogen-bond acceptors (Lipinski definition) is 0. The second kappa shape index (κ2) is 7.74. The van der Waals surface area contributed by atoms with Gasteiger partial charge in [0.1, 0.15) is 0 Å². The number of hydrogen-bond donors (Lipinski definition) is 0. The maximum atomic E-state index is 3.50. The van der Waals surface area contributed by atoms with Crippen molar-refractivity contribution in [3.63, 3.8) is 0 Å². The van der Waals surface area contributed by atoms with Crippen LogP contribution in [0.15, 0.2) is 84.9 Å². The van der Waals surface area contributed by atoms with Crippen molar-refractivity contribution in [3.05, 3.63) is 114 Å². The zero-order valence-corrected chi connectivity index (χ0v) is 13.0. The molecule has 0 atom stereocenters. The molecule has 0 saturated carbocycles. The fraction of sp³-hybridized carbons (Fsp3) is 0. The van der Waals surface area contributed by atoms with Gasteiger partial charge in [0.25, 0.3) is 0 Å². The van der Waals surface area contributed by atoms with E-state index in [1.165, 1.54) is 0 Å². The van der Waals surface area contributed by atoms with E-state index in [1.807, 2.05) is 54.6 Å². The van der Waals surface area contributed by atoms with E-state index in [1.54, 1.807) is 0 Å². The summed E-state index contributed by atoms with van der Waals surface area (Å²) in [5.74, 6) is 0. The second-order valence-electron chi connectivity index (χ2n) is 4.51. The first-order chi connectivity index (χ1) is 9.93. The summed E-state index contributed by atoms with van der Waals surface area (Å²) in [5.41, 5.74) is 4.35. The van der Waals surface area contributed by atoms with Crippen molar-refractivity contribution in [1.82, 2.24) is 0 Å². The van der Waals surface area contributed by atoms with E-state index in [-0.39, 0.29) is 20.4 Å². The molecule has 0 N–H and O–H groups in total. The van der Waals surface area contributed by atoms with Crippen LogP contribution < -0.4 is 0 Å². The van der Waals surface area contributed by atoms with Gasteiger partial charge >= 0.3 is 20.4 Å². The van der Waals surface area contributed by atoms with E-state index < -0.39 is 0 Å². The second-order valence-corrected chi connectivity index (χ2v) is 4.51. The van der Waals surface area contributed by atoms with Crippen molar-refractivity contribution in [1.29, 1.82) is 0 Å². The third-order valence-corrected chi connectivity index (χ3v) is 3.08. The Labute approximate surface area is 139 Å². The SMILES string of the molecule is [C-](=C(c1[c-]cccc1)c1ccccc1)c1ccccc1.[Pd+2]. The van der Waals surface area contributed by atoms with Gasteiger partial charge in [-0.25, -0.2) is 5.56 Å². The van der Waals surface area contributed by atoms with E-state index in [0.717, 1.165) is 22.3 Å². The Morgan fingerprint density at radius 2 is 1.33 bits per heavy atom. The molecule has 0 aliphatic heterocycles. The summed E-state index contributed by atoms with van der Waals surface area (Å²) >= 11 is 0. The summed E-state index contributed by atoms with van der Waals surface area (Å²) in [6.07, 6.45) is 3.50. The van der Waals surface area contributed by atoms with E-state index >= 15 is 0 Å². The molecule has 0 bridgehead atoms. The van der Waals surface area contributed by atoms with Crippen molar-refractivity contribution in [3.8, 4) is 0 Å². The van der Waals surface area contributed by atoms with Gasteiger partial charge in [-0.05, 0) is 0 Å². The van der Waals surface area contributed by atoms with Gasteiger partial charge < -0.3 is 0 Å². The molecule has 0 heterocycles. The van der Waals surface area contributed by atoms with Crippen LogP contribution in [0, 0.1) is 12.1 Å². The average molecular weight is 361 g/mol. The molecule has 3 rings (SSSR count). The standard InChI is InChI=1S/C20H14.Pd/c1-4-10-17(11-5-1)16-20(18-12-6-2-7-13-18)19-14-8-3-9-15-19;/h1-14H;/q-2;+2. The molecule has 0 unspecified atom stereocenters. The van der Waals surface area contributed by atoms with Crippen LogP contribution in [-0.4, -0.2) is 0 Å². The summed E-state index contributed by atoms with van der Waals surface area (Å²) in [5, 5.41) is 0. The Bertz CT molecular complexity index is 644. The van der Waals surface area contributed by atoms with Gasteiger partial charge in [-0.2, -0.15) is 35.9 Å². The van der Waals surface area contributed by atoms with Crippen LogP contribution in [0.1, 0.15) is 16.7 Å². The van der Waals surface area contributed by atoms with Crippen LogP contribution in [0.3, 0.4) is 0 Å². The molecule has 21 heavy (non-hydrogen) atoms. The smallest absolute Gasteiger partial charge is 0.209 e. The average Bonchev–Trinajstić information content (AvgIpc) is 2.55. The molecule has 0 aromatic heterocycles. The van der Waals surface area contributed by atoms with Crippen molar-refractivity contribution < 1.29 is 20.4 Å². The van der Waals surface area contributed by atoms with Crippen LogP contribution in [0.4, 0.5) is 0 Å². The summed E-state index contributed by atoms with van der Waals surface area (Å²) in [6.45, 7) is 0. The van der Waals surface area contributed by atoms with Gasteiger partial charge in [-0.3, -0.25) is 0 Å². The normalized spacial score (nSPS) is 10.8. The summed E-state index contributed by atoms with van der Waals surface area (Å²) in [4.78, 5) is 0. The zero-order chi connectivity index (χ0) is 13.6. The van der Waals surface area contributed by atoms with Crippen molar-refractivity contribution in [2.24, 2.45) is 0 Å². The minimum Gasteiger partial charge on any atom is -0.209 e. The maximum absolute atomic E-state index is 3.50. The minimum absolute atomic E-state index is 0. The summed E-state index contributed by atoms with van der Waals surface area (Å²) < 4.78 is 0. The Morgan fingerprint density at radius 1 is 0.714 bits per heavy atom. The topological polar surface area (TPSA) is 0 Å². The molecule has 0 nitrogen and oxygen atoms in total. The minimum atomic E-state index is 0. The quantitative estimate of drug-likeness (QED) is 0.358. The molecule has 0 fully saturated rings. The monoisotopic (exact) mass is 360 g/mol. The molecule has 3 aromatic carbocycles. The molecule has 3 aromatic rings. The fourth-order valence-electron chi connectivity index (χ4n) is 2.11. The first-order valence-corrected chi connectivity index (χ1v) is 6.65. The first-order valence-electron chi connectivity index (χ1n) is 6.65. The largest absolute Gasteiger partial charge is 2.00 e. The van der Waals surface area contributed by atoms with E-state index in [2.05, 4.69) is 42.5 Å². The molecule has 0 radical (unpaired) electrons. The molecule has 0 amide bonds. The third kappa shape index (κ3) is 4.02.